The van der Waals surface area contributed by atoms with Crippen molar-refractivity contribution in [3.05, 3.63) is 29.3 Å². The van der Waals surface area contributed by atoms with E-state index in [9.17, 15) is 0 Å². The summed E-state index contributed by atoms with van der Waals surface area (Å²) >= 11 is 0. The highest BCUT2D eigenvalue weighted by Gasteiger charge is 2.26. The first kappa shape index (κ1) is 9.53. The second-order valence-corrected chi connectivity index (χ2v) is 4.10. The zero-order chi connectivity index (χ0) is 10.1. The summed E-state index contributed by atoms with van der Waals surface area (Å²) in [6.07, 6.45) is 0. The van der Waals surface area contributed by atoms with Gasteiger partial charge in [0, 0.05) is 17.5 Å². The lowest BCUT2D eigenvalue weighted by molar-refractivity contribution is 0.193. The molecule has 2 nitrogen and oxygen atoms in total. The molecule has 0 amide bonds. The molecule has 2 heteroatoms. The van der Waals surface area contributed by atoms with Crippen LogP contribution < -0.4 is 10.1 Å². The quantitative estimate of drug-likeness (QED) is 0.735. The van der Waals surface area contributed by atoms with Crippen LogP contribution in [0.5, 0.6) is 5.75 Å². The van der Waals surface area contributed by atoms with Gasteiger partial charge in [-0.05, 0) is 25.6 Å². The molecular formula is C12H17NO. The fourth-order valence-corrected chi connectivity index (χ4v) is 2.09. The van der Waals surface area contributed by atoms with Gasteiger partial charge in [-0.2, -0.15) is 0 Å². The topological polar surface area (TPSA) is 21.3 Å². The molecule has 76 valence electrons. The minimum atomic E-state index is 0.430. The Balaban J connectivity index is 2.41. The Morgan fingerprint density at radius 3 is 2.93 bits per heavy atom. The molecule has 2 rings (SSSR count). The summed E-state index contributed by atoms with van der Waals surface area (Å²) in [4.78, 5) is 0. The van der Waals surface area contributed by atoms with E-state index in [-0.39, 0.29) is 0 Å². The molecule has 14 heavy (non-hydrogen) atoms. The third kappa shape index (κ3) is 1.50. The summed E-state index contributed by atoms with van der Waals surface area (Å²) in [5.41, 5.74) is 2.55. The first-order chi connectivity index (χ1) is 6.72. The smallest absolute Gasteiger partial charge is 0.124 e. The Bertz CT molecular complexity index is 335. The molecule has 2 atom stereocenters. The van der Waals surface area contributed by atoms with Gasteiger partial charge >= 0.3 is 0 Å². The second-order valence-electron chi connectivity index (χ2n) is 4.10. The number of hydrogen-bond acceptors (Lipinski definition) is 2. The van der Waals surface area contributed by atoms with Gasteiger partial charge < -0.3 is 10.1 Å². The van der Waals surface area contributed by atoms with E-state index in [1.165, 1.54) is 11.1 Å². The molecule has 1 aliphatic rings. The summed E-state index contributed by atoms with van der Waals surface area (Å²) in [5, 5.41) is 3.35. The summed E-state index contributed by atoms with van der Waals surface area (Å²) < 4.78 is 5.71. The molecule has 1 aliphatic heterocycles. The van der Waals surface area contributed by atoms with Gasteiger partial charge in [0.05, 0.1) is 6.61 Å². The van der Waals surface area contributed by atoms with E-state index in [2.05, 4.69) is 37.4 Å². The molecule has 2 unspecified atom stereocenters. The Morgan fingerprint density at radius 2 is 2.21 bits per heavy atom. The predicted molar refractivity (Wildman–Crippen MR) is 57.6 cm³/mol. The standard InChI is InChI=1S/C12H17NO/c1-8-4-5-10-11(6-8)14-7-9(2)12(10)13-3/h4-6,9,12-13H,7H2,1-3H3. The van der Waals surface area contributed by atoms with Crippen molar-refractivity contribution in [2.75, 3.05) is 13.7 Å². The summed E-state index contributed by atoms with van der Waals surface area (Å²) in [7, 11) is 2.01. The zero-order valence-corrected chi connectivity index (χ0v) is 9.00. The molecule has 0 radical (unpaired) electrons. The largest absolute Gasteiger partial charge is 0.493 e. The van der Waals surface area contributed by atoms with Gasteiger partial charge in [-0.1, -0.05) is 19.1 Å². The van der Waals surface area contributed by atoms with Crippen LogP contribution in [0.4, 0.5) is 0 Å². The first-order valence-corrected chi connectivity index (χ1v) is 5.13. The van der Waals surface area contributed by atoms with Gasteiger partial charge in [-0.3, -0.25) is 0 Å². The Hall–Kier alpha value is -1.02. The summed E-state index contributed by atoms with van der Waals surface area (Å²) in [5.74, 6) is 1.58. The highest BCUT2D eigenvalue weighted by atomic mass is 16.5. The van der Waals surface area contributed by atoms with Crippen LogP contribution in [0.1, 0.15) is 24.1 Å². The molecule has 0 saturated heterocycles. The van der Waals surface area contributed by atoms with E-state index in [0.717, 1.165) is 12.4 Å². The third-order valence-corrected chi connectivity index (χ3v) is 2.89. The molecule has 0 bridgehead atoms. The lowest BCUT2D eigenvalue weighted by atomic mass is 9.91. The maximum absolute atomic E-state index is 5.71. The highest BCUT2D eigenvalue weighted by molar-refractivity contribution is 5.40. The van der Waals surface area contributed by atoms with Crippen molar-refractivity contribution in [3.63, 3.8) is 0 Å². The van der Waals surface area contributed by atoms with Gasteiger partial charge in [-0.25, -0.2) is 0 Å². The SMILES string of the molecule is CNC1c2ccc(C)cc2OCC1C. The summed E-state index contributed by atoms with van der Waals surface area (Å²) in [6.45, 7) is 5.11. The summed E-state index contributed by atoms with van der Waals surface area (Å²) in [6, 6.07) is 6.86. The van der Waals surface area contributed by atoms with E-state index >= 15 is 0 Å². The average molecular weight is 191 g/mol. The Labute approximate surface area is 85.3 Å². The van der Waals surface area contributed by atoms with Crippen molar-refractivity contribution >= 4 is 0 Å². The molecule has 1 N–H and O–H groups in total. The lowest BCUT2D eigenvalue weighted by Crippen LogP contribution is -2.31. The minimum absolute atomic E-state index is 0.430. The van der Waals surface area contributed by atoms with Crippen molar-refractivity contribution in [2.24, 2.45) is 5.92 Å². The minimum Gasteiger partial charge on any atom is -0.493 e. The maximum atomic E-state index is 5.71. The lowest BCUT2D eigenvalue weighted by Gasteiger charge is -2.31. The van der Waals surface area contributed by atoms with Gasteiger partial charge in [0.15, 0.2) is 0 Å². The fraction of sp³-hybridized carbons (Fsp3) is 0.500. The number of benzene rings is 1. The zero-order valence-electron chi connectivity index (χ0n) is 9.00. The normalized spacial score (nSPS) is 25.4. The van der Waals surface area contributed by atoms with Gasteiger partial charge in [-0.15, -0.1) is 0 Å². The monoisotopic (exact) mass is 191 g/mol. The van der Waals surface area contributed by atoms with E-state index in [4.69, 9.17) is 4.74 Å². The second kappa shape index (κ2) is 3.62. The van der Waals surface area contributed by atoms with Crippen LogP contribution in [-0.4, -0.2) is 13.7 Å². The average Bonchev–Trinajstić information content (AvgIpc) is 2.18. The number of hydrogen-bond donors (Lipinski definition) is 1. The number of aryl methyl sites for hydroxylation is 1. The molecule has 0 aliphatic carbocycles. The highest BCUT2D eigenvalue weighted by Crippen LogP contribution is 2.35. The van der Waals surface area contributed by atoms with Crippen molar-refractivity contribution in [1.29, 1.82) is 0 Å². The molecule has 1 aromatic rings. The van der Waals surface area contributed by atoms with Crippen LogP contribution in [0.2, 0.25) is 0 Å². The predicted octanol–water partition coefficient (Wildman–Crippen LogP) is 2.28. The van der Waals surface area contributed by atoms with Crippen LogP contribution in [0.15, 0.2) is 18.2 Å². The molecule has 1 heterocycles. The van der Waals surface area contributed by atoms with Crippen molar-refractivity contribution in [1.82, 2.24) is 5.32 Å². The number of ether oxygens (including phenoxy) is 1. The molecule has 0 aromatic heterocycles. The van der Waals surface area contributed by atoms with Crippen LogP contribution in [-0.2, 0) is 0 Å². The molecule has 0 fully saturated rings. The van der Waals surface area contributed by atoms with E-state index < -0.39 is 0 Å². The van der Waals surface area contributed by atoms with Crippen LogP contribution in [0, 0.1) is 12.8 Å². The van der Waals surface area contributed by atoms with Gasteiger partial charge in [0.2, 0.25) is 0 Å². The van der Waals surface area contributed by atoms with E-state index in [1.807, 2.05) is 7.05 Å². The first-order valence-electron chi connectivity index (χ1n) is 5.13. The van der Waals surface area contributed by atoms with Gasteiger partial charge in [0.25, 0.3) is 0 Å². The molecular weight excluding hydrogens is 174 g/mol. The van der Waals surface area contributed by atoms with E-state index in [1.54, 1.807) is 0 Å². The molecule has 0 saturated carbocycles. The van der Waals surface area contributed by atoms with Crippen LogP contribution in [0.3, 0.4) is 0 Å². The number of fused-ring (bicyclic) bond motifs is 1. The van der Waals surface area contributed by atoms with Crippen molar-refractivity contribution in [3.8, 4) is 5.75 Å². The van der Waals surface area contributed by atoms with Gasteiger partial charge in [0.1, 0.15) is 5.75 Å². The number of nitrogens with one attached hydrogen (secondary N) is 1. The Kier molecular flexibility index (Phi) is 2.46. The molecule has 1 aromatic carbocycles. The Morgan fingerprint density at radius 1 is 1.43 bits per heavy atom. The third-order valence-electron chi connectivity index (χ3n) is 2.89. The fourth-order valence-electron chi connectivity index (χ4n) is 2.09. The molecule has 0 spiro atoms. The van der Waals surface area contributed by atoms with Crippen LogP contribution >= 0.6 is 0 Å². The van der Waals surface area contributed by atoms with E-state index in [0.29, 0.717) is 12.0 Å². The number of rotatable bonds is 1. The maximum Gasteiger partial charge on any atom is 0.124 e. The van der Waals surface area contributed by atoms with Crippen molar-refractivity contribution in [2.45, 2.75) is 19.9 Å². The van der Waals surface area contributed by atoms with Crippen LogP contribution in [0.25, 0.3) is 0 Å². The van der Waals surface area contributed by atoms with Crippen molar-refractivity contribution < 1.29 is 4.74 Å².